The molecular formula is C10H13NO3. The molecule has 0 spiro atoms. The minimum absolute atomic E-state index is 0.393. The number of hydrogen-bond donors (Lipinski definition) is 1. The van der Waals surface area contributed by atoms with Gasteiger partial charge in [0.1, 0.15) is 5.75 Å². The SMILES string of the molecule is COCc1cc(C(N)=O)ccc1OC. The van der Waals surface area contributed by atoms with E-state index < -0.39 is 5.91 Å². The van der Waals surface area contributed by atoms with E-state index in [9.17, 15) is 4.79 Å². The van der Waals surface area contributed by atoms with Crippen LogP contribution in [0.15, 0.2) is 18.2 Å². The van der Waals surface area contributed by atoms with Crippen molar-refractivity contribution in [2.45, 2.75) is 6.61 Å². The molecule has 14 heavy (non-hydrogen) atoms. The number of benzene rings is 1. The van der Waals surface area contributed by atoms with Gasteiger partial charge in [0.25, 0.3) is 0 Å². The Morgan fingerprint density at radius 2 is 2.14 bits per heavy atom. The number of nitrogens with two attached hydrogens (primary N) is 1. The zero-order chi connectivity index (χ0) is 10.6. The fourth-order valence-corrected chi connectivity index (χ4v) is 1.20. The first-order chi connectivity index (χ1) is 6.69. The lowest BCUT2D eigenvalue weighted by molar-refractivity contribution is 0.1000. The van der Waals surface area contributed by atoms with E-state index in [1.165, 1.54) is 0 Å². The molecule has 76 valence electrons. The van der Waals surface area contributed by atoms with E-state index in [0.29, 0.717) is 17.9 Å². The molecule has 0 bridgehead atoms. The molecule has 0 heterocycles. The molecular weight excluding hydrogens is 182 g/mol. The molecule has 1 rings (SSSR count). The summed E-state index contributed by atoms with van der Waals surface area (Å²) in [6, 6.07) is 5.00. The molecule has 0 aliphatic carbocycles. The number of hydrogen-bond acceptors (Lipinski definition) is 3. The van der Waals surface area contributed by atoms with Gasteiger partial charge in [0.2, 0.25) is 5.91 Å². The second-order valence-electron chi connectivity index (χ2n) is 2.82. The quantitative estimate of drug-likeness (QED) is 0.777. The lowest BCUT2D eigenvalue weighted by Crippen LogP contribution is -2.11. The van der Waals surface area contributed by atoms with Gasteiger partial charge < -0.3 is 15.2 Å². The Labute approximate surface area is 82.6 Å². The van der Waals surface area contributed by atoms with Gasteiger partial charge in [-0.2, -0.15) is 0 Å². The second-order valence-corrected chi connectivity index (χ2v) is 2.82. The number of carbonyl (C=O) groups excluding carboxylic acids is 1. The highest BCUT2D eigenvalue weighted by Crippen LogP contribution is 2.20. The van der Waals surface area contributed by atoms with Crippen molar-refractivity contribution >= 4 is 5.91 Å². The topological polar surface area (TPSA) is 61.5 Å². The maximum Gasteiger partial charge on any atom is 0.248 e. The predicted molar refractivity (Wildman–Crippen MR) is 52.2 cm³/mol. The van der Waals surface area contributed by atoms with E-state index in [2.05, 4.69) is 0 Å². The fourth-order valence-electron chi connectivity index (χ4n) is 1.20. The average molecular weight is 195 g/mol. The van der Waals surface area contributed by atoms with Crippen molar-refractivity contribution in [3.8, 4) is 5.75 Å². The van der Waals surface area contributed by atoms with E-state index in [1.807, 2.05) is 0 Å². The highest BCUT2D eigenvalue weighted by molar-refractivity contribution is 5.93. The molecule has 1 amide bonds. The van der Waals surface area contributed by atoms with Gasteiger partial charge in [-0.25, -0.2) is 0 Å². The van der Waals surface area contributed by atoms with Crippen LogP contribution < -0.4 is 10.5 Å². The molecule has 0 radical (unpaired) electrons. The van der Waals surface area contributed by atoms with Crippen LogP contribution in [0, 0.1) is 0 Å². The summed E-state index contributed by atoms with van der Waals surface area (Å²) >= 11 is 0. The smallest absolute Gasteiger partial charge is 0.248 e. The number of methoxy groups -OCH3 is 2. The predicted octanol–water partition coefficient (Wildman–Crippen LogP) is 0.941. The highest BCUT2D eigenvalue weighted by Gasteiger charge is 2.06. The Morgan fingerprint density at radius 3 is 2.64 bits per heavy atom. The van der Waals surface area contributed by atoms with Crippen LogP contribution in [0.25, 0.3) is 0 Å². The van der Waals surface area contributed by atoms with E-state index in [4.69, 9.17) is 15.2 Å². The summed E-state index contributed by atoms with van der Waals surface area (Å²) in [6.45, 7) is 0.393. The van der Waals surface area contributed by atoms with Gasteiger partial charge in [-0.1, -0.05) is 0 Å². The summed E-state index contributed by atoms with van der Waals surface area (Å²) in [4.78, 5) is 10.9. The van der Waals surface area contributed by atoms with Crippen molar-refractivity contribution < 1.29 is 14.3 Å². The van der Waals surface area contributed by atoms with Crippen LogP contribution in [-0.4, -0.2) is 20.1 Å². The first kappa shape index (κ1) is 10.5. The Kier molecular flexibility index (Phi) is 3.48. The molecule has 1 aromatic rings. The Morgan fingerprint density at radius 1 is 1.43 bits per heavy atom. The molecule has 0 aromatic heterocycles. The normalized spacial score (nSPS) is 9.86. The van der Waals surface area contributed by atoms with Gasteiger partial charge in [-0.3, -0.25) is 4.79 Å². The summed E-state index contributed by atoms with van der Waals surface area (Å²) in [5.74, 6) is 0.238. The van der Waals surface area contributed by atoms with Gasteiger partial charge in [-0.05, 0) is 18.2 Å². The number of amides is 1. The first-order valence-corrected chi connectivity index (χ1v) is 4.14. The molecule has 0 unspecified atom stereocenters. The maximum atomic E-state index is 10.9. The minimum Gasteiger partial charge on any atom is -0.496 e. The third kappa shape index (κ3) is 2.23. The van der Waals surface area contributed by atoms with E-state index in [0.717, 1.165) is 5.56 Å². The standard InChI is InChI=1S/C10H13NO3/c1-13-6-8-5-7(10(11)12)3-4-9(8)14-2/h3-5H,6H2,1-2H3,(H2,11,12). The molecule has 2 N–H and O–H groups in total. The van der Waals surface area contributed by atoms with Crippen LogP contribution in [-0.2, 0) is 11.3 Å². The van der Waals surface area contributed by atoms with Crippen LogP contribution >= 0.6 is 0 Å². The molecule has 0 aliphatic heterocycles. The summed E-state index contributed by atoms with van der Waals surface area (Å²) < 4.78 is 10.1. The van der Waals surface area contributed by atoms with Crippen LogP contribution in [0.5, 0.6) is 5.75 Å². The van der Waals surface area contributed by atoms with Gasteiger partial charge in [-0.15, -0.1) is 0 Å². The minimum atomic E-state index is -0.454. The van der Waals surface area contributed by atoms with Crippen LogP contribution in [0.4, 0.5) is 0 Å². The van der Waals surface area contributed by atoms with Crippen molar-refractivity contribution in [1.29, 1.82) is 0 Å². The van der Waals surface area contributed by atoms with Crippen LogP contribution in [0.1, 0.15) is 15.9 Å². The molecule has 1 aromatic carbocycles. The van der Waals surface area contributed by atoms with Crippen molar-refractivity contribution in [2.24, 2.45) is 5.73 Å². The van der Waals surface area contributed by atoms with E-state index >= 15 is 0 Å². The summed E-state index contributed by atoms with van der Waals surface area (Å²) in [5.41, 5.74) is 6.42. The molecule has 0 fully saturated rings. The number of ether oxygens (including phenoxy) is 2. The molecule has 0 saturated heterocycles. The number of rotatable bonds is 4. The van der Waals surface area contributed by atoms with Crippen LogP contribution in [0.2, 0.25) is 0 Å². The molecule has 0 aliphatic rings. The highest BCUT2D eigenvalue weighted by atomic mass is 16.5. The summed E-state index contributed by atoms with van der Waals surface area (Å²) in [5, 5.41) is 0. The van der Waals surface area contributed by atoms with E-state index in [-0.39, 0.29) is 0 Å². The first-order valence-electron chi connectivity index (χ1n) is 4.14. The third-order valence-corrected chi connectivity index (χ3v) is 1.86. The van der Waals surface area contributed by atoms with Crippen molar-refractivity contribution in [3.63, 3.8) is 0 Å². The van der Waals surface area contributed by atoms with Gasteiger partial charge in [0, 0.05) is 18.2 Å². The monoisotopic (exact) mass is 195 g/mol. The lowest BCUT2D eigenvalue weighted by atomic mass is 10.1. The fraction of sp³-hybridized carbons (Fsp3) is 0.300. The Balaban J connectivity index is 3.07. The zero-order valence-electron chi connectivity index (χ0n) is 8.24. The summed E-state index contributed by atoms with van der Waals surface area (Å²) in [7, 11) is 3.15. The average Bonchev–Trinajstić information content (AvgIpc) is 2.18. The Bertz CT molecular complexity index is 336. The third-order valence-electron chi connectivity index (χ3n) is 1.86. The zero-order valence-corrected chi connectivity index (χ0v) is 8.24. The van der Waals surface area contributed by atoms with E-state index in [1.54, 1.807) is 32.4 Å². The van der Waals surface area contributed by atoms with Gasteiger partial charge in [0.15, 0.2) is 0 Å². The summed E-state index contributed by atoms with van der Waals surface area (Å²) in [6.07, 6.45) is 0. The van der Waals surface area contributed by atoms with Crippen molar-refractivity contribution in [1.82, 2.24) is 0 Å². The lowest BCUT2D eigenvalue weighted by Gasteiger charge is -2.08. The molecule has 0 atom stereocenters. The molecule has 4 nitrogen and oxygen atoms in total. The largest absolute Gasteiger partial charge is 0.496 e. The molecule has 4 heteroatoms. The molecule has 0 saturated carbocycles. The second kappa shape index (κ2) is 4.62. The van der Waals surface area contributed by atoms with Crippen molar-refractivity contribution in [2.75, 3.05) is 14.2 Å². The number of carbonyl (C=O) groups is 1. The number of primary amides is 1. The van der Waals surface area contributed by atoms with Crippen LogP contribution in [0.3, 0.4) is 0 Å². The van der Waals surface area contributed by atoms with Crippen molar-refractivity contribution in [3.05, 3.63) is 29.3 Å². The Hall–Kier alpha value is -1.55. The van der Waals surface area contributed by atoms with Gasteiger partial charge >= 0.3 is 0 Å². The maximum absolute atomic E-state index is 10.9. The van der Waals surface area contributed by atoms with Gasteiger partial charge in [0.05, 0.1) is 13.7 Å².